The van der Waals surface area contributed by atoms with E-state index < -0.39 is 0 Å². The van der Waals surface area contributed by atoms with Gasteiger partial charge >= 0.3 is 0 Å². The molecule has 1 aliphatic rings. The van der Waals surface area contributed by atoms with Crippen LogP contribution in [0.3, 0.4) is 0 Å². The molecule has 23 heavy (non-hydrogen) atoms. The molecule has 3 heteroatoms. The summed E-state index contributed by atoms with van der Waals surface area (Å²) in [6.07, 6.45) is 18.0. The second kappa shape index (κ2) is 15.7. The molecule has 0 amide bonds. The summed E-state index contributed by atoms with van der Waals surface area (Å²) in [5.41, 5.74) is 0. The Morgan fingerprint density at radius 3 is 2.13 bits per heavy atom. The largest absolute Gasteiger partial charge is 0.396 e. The van der Waals surface area contributed by atoms with Gasteiger partial charge < -0.3 is 10.4 Å². The molecule has 140 valence electrons. The van der Waals surface area contributed by atoms with E-state index in [4.69, 9.17) is 11.6 Å². The number of unbranched alkanes of at least 4 members (excludes halogenated alkanes) is 7. The van der Waals surface area contributed by atoms with Gasteiger partial charge in [0.15, 0.2) is 0 Å². The lowest BCUT2D eigenvalue weighted by molar-refractivity contribution is 0.183. The van der Waals surface area contributed by atoms with Crippen LogP contribution in [0.4, 0.5) is 0 Å². The molecular weight excluding hydrogens is 306 g/mol. The van der Waals surface area contributed by atoms with Crippen LogP contribution in [0.2, 0.25) is 0 Å². The van der Waals surface area contributed by atoms with E-state index in [2.05, 4.69) is 12.2 Å². The van der Waals surface area contributed by atoms with Crippen molar-refractivity contribution in [3.8, 4) is 0 Å². The average molecular weight is 348 g/mol. The monoisotopic (exact) mass is 347 g/mol. The Labute approximate surface area is 150 Å². The SMILES string of the molecule is CCCCCCCCCCC1(Cl)CCCCC1CCO.CNC. The molecule has 0 aliphatic heterocycles. The molecule has 0 bridgehead atoms. The van der Waals surface area contributed by atoms with Crippen LogP contribution in [0.25, 0.3) is 0 Å². The first kappa shape index (κ1) is 23.2. The summed E-state index contributed by atoms with van der Waals surface area (Å²) < 4.78 is 0. The summed E-state index contributed by atoms with van der Waals surface area (Å²) in [7, 11) is 3.75. The van der Waals surface area contributed by atoms with E-state index in [1.807, 2.05) is 14.1 Å². The van der Waals surface area contributed by atoms with Crippen LogP contribution in [0.1, 0.15) is 96.8 Å². The fourth-order valence-corrected chi connectivity index (χ4v) is 4.20. The Balaban J connectivity index is 0.00000149. The van der Waals surface area contributed by atoms with Crippen LogP contribution in [-0.2, 0) is 0 Å². The molecule has 0 radical (unpaired) electrons. The Hall–Kier alpha value is 0.210. The van der Waals surface area contributed by atoms with E-state index in [0.29, 0.717) is 12.5 Å². The number of aliphatic hydroxyl groups is 1. The summed E-state index contributed by atoms with van der Waals surface area (Å²) in [4.78, 5) is 0.00317. The fraction of sp³-hybridized carbons (Fsp3) is 1.00. The molecule has 0 saturated heterocycles. The maximum absolute atomic E-state index is 9.20. The normalized spacial score (nSPS) is 24.1. The first-order chi connectivity index (χ1) is 11.1. The highest BCUT2D eigenvalue weighted by atomic mass is 35.5. The predicted octanol–water partition coefficient (Wildman–Crippen LogP) is 5.90. The van der Waals surface area contributed by atoms with Gasteiger partial charge in [0.05, 0.1) is 0 Å². The number of nitrogens with one attached hydrogen (secondary N) is 1. The predicted molar refractivity (Wildman–Crippen MR) is 104 cm³/mol. The summed E-state index contributed by atoms with van der Waals surface area (Å²) in [6, 6.07) is 0. The molecule has 1 fully saturated rings. The van der Waals surface area contributed by atoms with E-state index in [1.165, 1.54) is 70.6 Å². The number of halogens is 1. The summed E-state index contributed by atoms with van der Waals surface area (Å²) in [6.45, 7) is 2.57. The van der Waals surface area contributed by atoms with Crippen LogP contribution >= 0.6 is 11.6 Å². The van der Waals surface area contributed by atoms with E-state index >= 15 is 0 Å². The molecular formula is C20H42ClNO. The number of rotatable bonds is 11. The lowest BCUT2D eigenvalue weighted by Gasteiger charge is -2.39. The summed E-state index contributed by atoms with van der Waals surface area (Å²) in [5.74, 6) is 0.549. The third-order valence-corrected chi connectivity index (χ3v) is 5.74. The van der Waals surface area contributed by atoms with E-state index in [1.54, 1.807) is 0 Å². The lowest BCUT2D eigenvalue weighted by Crippen LogP contribution is -2.35. The van der Waals surface area contributed by atoms with Crippen LogP contribution < -0.4 is 5.32 Å². The van der Waals surface area contributed by atoms with Crippen molar-refractivity contribution in [3.63, 3.8) is 0 Å². The van der Waals surface area contributed by atoms with Gasteiger partial charge in [0.25, 0.3) is 0 Å². The Morgan fingerprint density at radius 2 is 1.57 bits per heavy atom. The average Bonchev–Trinajstić information content (AvgIpc) is 2.53. The second-order valence-corrected chi connectivity index (χ2v) is 7.97. The fourth-order valence-electron chi connectivity index (χ4n) is 3.71. The second-order valence-electron chi connectivity index (χ2n) is 7.21. The molecule has 1 rings (SSSR count). The highest BCUT2D eigenvalue weighted by Gasteiger charge is 2.37. The van der Waals surface area contributed by atoms with Crippen molar-refractivity contribution in [1.82, 2.24) is 5.32 Å². The van der Waals surface area contributed by atoms with Crippen molar-refractivity contribution in [1.29, 1.82) is 0 Å². The lowest BCUT2D eigenvalue weighted by atomic mass is 9.74. The van der Waals surface area contributed by atoms with Crippen molar-refractivity contribution in [2.24, 2.45) is 5.92 Å². The number of hydrogen-bond acceptors (Lipinski definition) is 2. The van der Waals surface area contributed by atoms with Gasteiger partial charge in [-0.2, -0.15) is 0 Å². The smallest absolute Gasteiger partial charge is 0.0475 e. The van der Waals surface area contributed by atoms with Crippen molar-refractivity contribution >= 4 is 11.6 Å². The van der Waals surface area contributed by atoms with Gasteiger partial charge in [-0.3, -0.25) is 0 Å². The molecule has 0 aromatic heterocycles. The molecule has 1 aliphatic carbocycles. The van der Waals surface area contributed by atoms with Crippen molar-refractivity contribution in [2.75, 3.05) is 20.7 Å². The van der Waals surface area contributed by atoms with E-state index in [0.717, 1.165) is 19.3 Å². The van der Waals surface area contributed by atoms with Gasteiger partial charge in [0.1, 0.15) is 0 Å². The van der Waals surface area contributed by atoms with Crippen molar-refractivity contribution < 1.29 is 5.11 Å². The van der Waals surface area contributed by atoms with E-state index in [9.17, 15) is 5.11 Å². The number of alkyl halides is 1. The van der Waals surface area contributed by atoms with Crippen LogP contribution in [0.5, 0.6) is 0 Å². The maximum atomic E-state index is 9.20. The van der Waals surface area contributed by atoms with Crippen LogP contribution in [0, 0.1) is 5.92 Å². The Morgan fingerprint density at radius 1 is 1.00 bits per heavy atom. The molecule has 2 unspecified atom stereocenters. The molecule has 2 atom stereocenters. The minimum Gasteiger partial charge on any atom is -0.396 e. The molecule has 2 N–H and O–H groups in total. The van der Waals surface area contributed by atoms with Gasteiger partial charge in [-0.15, -0.1) is 11.6 Å². The Kier molecular flexibility index (Phi) is 15.9. The number of hydrogen-bond donors (Lipinski definition) is 2. The van der Waals surface area contributed by atoms with Gasteiger partial charge in [-0.25, -0.2) is 0 Å². The first-order valence-corrected chi connectivity index (χ1v) is 10.4. The highest BCUT2D eigenvalue weighted by molar-refractivity contribution is 6.24. The number of aliphatic hydroxyl groups excluding tert-OH is 1. The van der Waals surface area contributed by atoms with Crippen LogP contribution in [-0.4, -0.2) is 30.7 Å². The van der Waals surface area contributed by atoms with Gasteiger partial charge in [-0.05, 0) is 45.7 Å². The Bertz CT molecular complexity index is 248. The zero-order valence-electron chi connectivity index (χ0n) is 16.0. The minimum absolute atomic E-state index is 0.00317. The molecule has 0 spiro atoms. The third-order valence-electron chi connectivity index (χ3n) is 5.05. The molecule has 0 aromatic rings. The standard InChI is InChI=1S/C18H35ClO.C2H7N/c1-2-3-4-5-6-7-8-10-14-18(19)15-11-9-12-17(18)13-16-20;1-3-2/h17,20H,2-16H2,1H3;3H,1-2H3. The molecule has 0 aromatic carbocycles. The molecule has 2 nitrogen and oxygen atoms in total. The first-order valence-electron chi connectivity index (χ1n) is 10.0. The minimum atomic E-state index is 0.00317. The zero-order chi connectivity index (χ0) is 17.4. The van der Waals surface area contributed by atoms with E-state index in [-0.39, 0.29) is 4.87 Å². The van der Waals surface area contributed by atoms with Crippen molar-refractivity contribution in [2.45, 2.75) is 102 Å². The summed E-state index contributed by atoms with van der Waals surface area (Å²) >= 11 is 6.89. The van der Waals surface area contributed by atoms with Gasteiger partial charge in [-0.1, -0.05) is 71.1 Å². The molecule has 0 heterocycles. The highest BCUT2D eigenvalue weighted by Crippen LogP contribution is 2.44. The molecule has 1 saturated carbocycles. The zero-order valence-corrected chi connectivity index (χ0v) is 16.8. The van der Waals surface area contributed by atoms with Crippen LogP contribution in [0.15, 0.2) is 0 Å². The summed E-state index contributed by atoms with van der Waals surface area (Å²) in [5, 5.41) is 12.0. The van der Waals surface area contributed by atoms with Crippen molar-refractivity contribution in [3.05, 3.63) is 0 Å². The quantitative estimate of drug-likeness (QED) is 0.360. The third kappa shape index (κ3) is 11.4. The van der Waals surface area contributed by atoms with Gasteiger partial charge in [0.2, 0.25) is 0 Å². The van der Waals surface area contributed by atoms with Gasteiger partial charge in [0, 0.05) is 11.5 Å². The topological polar surface area (TPSA) is 32.3 Å². The maximum Gasteiger partial charge on any atom is 0.0475 e.